The fourth-order valence-corrected chi connectivity index (χ4v) is 3.48. The summed E-state index contributed by atoms with van der Waals surface area (Å²) in [5.74, 6) is 0.401. The normalized spacial score (nSPS) is 10.9. The molecule has 1 heterocycles. The zero-order valence-electron chi connectivity index (χ0n) is 15.7. The van der Waals surface area contributed by atoms with Crippen LogP contribution >= 0.6 is 23.2 Å². The van der Waals surface area contributed by atoms with Crippen molar-refractivity contribution in [2.24, 2.45) is 5.73 Å². The number of fused-ring (bicyclic) bond motifs is 1. The number of pyridine rings is 1. The quantitative estimate of drug-likeness (QED) is 0.635. The van der Waals surface area contributed by atoms with E-state index in [2.05, 4.69) is 11.9 Å². The number of hydrogen-bond acceptors (Lipinski definition) is 4. The molecule has 28 heavy (non-hydrogen) atoms. The van der Waals surface area contributed by atoms with Crippen LogP contribution < -0.4 is 15.4 Å². The number of rotatable bonds is 6. The van der Waals surface area contributed by atoms with Crippen LogP contribution in [-0.4, -0.2) is 24.5 Å². The van der Waals surface area contributed by atoms with Crippen molar-refractivity contribution in [3.8, 4) is 5.75 Å². The number of ether oxygens (including phenoxy) is 1. The highest BCUT2D eigenvalue weighted by atomic mass is 35.5. The second kappa shape index (κ2) is 8.78. The summed E-state index contributed by atoms with van der Waals surface area (Å²) >= 11 is 12.9. The molecule has 0 unspecified atom stereocenters. The number of likely N-dealkylation sites (N-methyl/N-ethyl adjacent to an activating group) is 1. The van der Waals surface area contributed by atoms with Gasteiger partial charge in [0.25, 0.3) is 0 Å². The summed E-state index contributed by atoms with van der Waals surface area (Å²) in [5.41, 5.74) is 8.36. The molecule has 0 aliphatic carbocycles. The Morgan fingerprint density at radius 3 is 2.68 bits per heavy atom. The fourth-order valence-electron chi connectivity index (χ4n) is 2.87. The first-order chi connectivity index (χ1) is 13.5. The average Bonchev–Trinajstić information content (AvgIpc) is 2.72. The van der Waals surface area contributed by atoms with Gasteiger partial charge in [-0.2, -0.15) is 0 Å². The number of para-hydroxylation sites is 1. The highest BCUT2D eigenvalue weighted by Crippen LogP contribution is 2.35. The molecule has 3 aromatic rings. The minimum Gasteiger partial charge on any atom is -0.487 e. The molecule has 0 radical (unpaired) electrons. The van der Waals surface area contributed by atoms with Crippen LogP contribution in [0, 0.1) is 0 Å². The number of carbonyl (C=O) groups is 1. The third-order valence-electron chi connectivity index (χ3n) is 4.55. The van der Waals surface area contributed by atoms with Crippen LogP contribution in [0.4, 0.5) is 5.69 Å². The number of halogens is 2. The molecule has 0 aliphatic heterocycles. The Kier molecular flexibility index (Phi) is 6.39. The van der Waals surface area contributed by atoms with Crippen LogP contribution in [0.2, 0.25) is 10.0 Å². The largest absolute Gasteiger partial charge is 0.487 e. The molecule has 5 nitrogen and oxygen atoms in total. The molecule has 0 fully saturated rings. The molecule has 1 amide bonds. The van der Waals surface area contributed by atoms with Gasteiger partial charge in [-0.3, -0.25) is 4.79 Å². The van der Waals surface area contributed by atoms with E-state index in [1.54, 1.807) is 19.2 Å². The average molecular weight is 418 g/mol. The van der Waals surface area contributed by atoms with Crippen molar-refractivity contribution in [3.63, 3.8) is 0 Å². The fraction of sp³-hybridized carbons (Fsp3) is 0.238. The first kappa shape index (κ1) is 20.4. The van der Waals surface area contributed by atoms with Gasteiger partial charge < -0.3 is 15.4 Å². The maximum Gasteiger partial charge on any atom is 0.240 e. The van der Waals surface area contributed by atoms with Crippen LogP contribution in [0.1, 0.15) is 18.2 Å². The van der Waals surface area contributed by atoms with Crippen LogP contribution in [0.15, 0.2) is 42.5 Å². The maximum atomic E-state index is 11.9. The summed E-state index contributed by atoms with van der Waals surface area (Å²) in [6, 6.07) is 13.2. The van der Waals surface area contributed by atoms with E-state index in [0.717, 1.165) is 23.0 Å². The van der Waals surface area contributed by atoms with Crippen LogP contribution in [0.25, 0.3) is 10.9 Å². The summed E-state index contributed by atoms with van der Waals surface area (Å²) in [6.07, 6.45) is 0.839. The molecular weight excluding hydrogens is 397 g/mol. The van der Waals surface area contributed by atoms with E-state index in [1.165, 1.54) is 4.90 Å². The Labute approximate surface area is 174 Å². The molecule has 146 valence electrons. The van der Waals surface area contributed by atoms with E-state index < -0.39 is 0 Å². The van der Waals surface area contributed by atoms with Crippen LogP contribution in [0.3, 0.4) is 0 Å². The monoisotopic (exact) mass is 417 g/mol. The van der Waals surface area contributed by atoms with Crippen molar-refractivity contribution >= 4 is 45.7 Å². The molecule has 2 aromatic carbocycles. The summed E-state index contributed by atoms with van der Waals surface area (Å²) in [7, 11) is 1.62. The Bertz CT molecular complexity index is 1020. The predicted octanol–water partition coefficient (Wildman–Crippen LogP) is 4.60. The van der Waals surface area contributed by atoms with Crippen molar-refractivity contribution in [3.05, 3.63) is 63.8 Å². The highest BCUT2D eigenvalue weighted by molar-refractivity contribution is 6.38. The number of aromatic nitrogens is 1. The number of aryl methyl sites for hydroxylation is 1. The van der Waals surface area contributed by atoms with Gasteiger partial charge in [0.05, 0.1) is 17.3 Å². The molecule has 0 saturated heterocycles. The van der Waals surface area contributed by atoms with Crippen LogP contribution in [-0.2, 0) is 17.8 Å². The van der Waals surface area contributed by atoms with Gasteiger partial charge in [0.15, 0.2) is 0 Å². The lowest BCUT2D eigenvalue weighted by Gasteiger charge is -2.20. The smallest absolute Gasteiger partial charge is 0.240 e. The Balaban J connectivity index is 1.93. The van der Waals surface area contributed by atoms with E-state index >= 15 is 0 Å². The number of nitrogens with zero attached hydrogens (tertiary/aromatic N) is 2. The van der Waals surface area contributed by atoms with Crippen molar-refractivity contribution in [2.75, 3.05) is 18.5 Å². The molecule has 2 N–H and O–H groups in total. The van der Waals surface area contributed by atoms with Crippen molar-refractivity contribution in [2.45, 2.75) is 20.0 Å². The molecule has 0 atom stereocenters. The first-order valence-electron chi connectivity index (χ1n) is 8.91. The number of benzene rings is 2. The van der Waals surface area contributed by atoms with Gasteiger partial charge in [-0.1, -0.05) is 48.3 Å². The molecule has 1 aromatic heterocycles. The van der Waals surface area contributed by atoms with Crippen LogP contribution in [0.5, 0.6) is 5.75 Å². The SMILES string of the molecule is CCc1ccc2cccc(OCc3c(Cl)ccc(N(C)C(=O)CN)c3Cl)c2n1. The number of carbonyl (C=O) groups excluding carboxylic acids is 1. The number of anilines is 1. The molecule has 0 bridgehead atoms. The highest BCUT2D eigenvalue weighted by Gasteiger charge is 2.18. The first-order valence-corrected chi connectivity index (χ1v) is 9.66. The van der Waals surface area contributed by atoms with Gasteiger partial charge in [0.2, 0.25) is 5.91 Å². The molecule has 0 aliphatic rings. The van der Waals surface area contributed by atoms with Gasteiger partial charge in [0.1, 0.15) is 17.9 Å². The Morgan fingerprint density at radius 1 is 1.18 bits per heavy atom. The molecule has 3 rings (SSSR count). The van der Waals surface area contributed by atoms with E-state index in [0.29, 0.717) is 27.0 Å². The van der Waals surface area contributed by atoms with Crippen molar-refractivity contribution in [1.29, 1.82) is 0 Å². The second-order valence-electron chi connectivity index (χ2n) is 6.29. The minimum absolute atomic E-state index is 0.108. The molecular formula is C21H21Cl2N3O2. The number of amides is 1. The minimum atomic E-state index is -0.249. The van der Waals surface area contributed by atoms with Gasteiger partial charge in [-0.05, 0) is 30.7 Å². The lowest BCUT2D eigenvalue weighted by atomic mass is 10.1. The van der Waals surface area contributed by atoms with E-state index in [4.69, 9.17) is 33.7 Å². The van der Waals surface area contributed by atoms with E-state index in [9.17, 15) is 4.79 Å². The third kappa shape index (κ3) is 4.07. The molecule has 7 heteroatoms. The van der Waals surface area contributed by atoms with E-state index in [1.807, 2.05) is 30.3 Å². The number of hydrogen-bond donors (Lipinski definition) is 1. The summed E-state index contributed by atoms with van der Waals surface area (Å²) in [6.45, 7) is 2.10. The Morgan fingerprint density at radius 2 is 1.96 bits per heavy atom. The van der Waals surface area contributed by atoms with Crippen molar-refractivity contribution in [1.82, 2.24) is 4.98 Å². The van der Waals surface area contributed by atoms with E-state index in [-0.39, 0.29) is 19.1 Å². The number of nitrogens with two attached hydrogens (primary N) is 1. The predicted molar refractivity (Wildman–Crippen MR) is 114 cm³/mol. The topological polar surface area (TPSA) is 68.5 Å². The lowest BCUT2D eigenvalue weighted by molar-refractivity contribution is -0.117. The summed E-state index contributed by atoms with van der Waals surface area (Å²) in [5, 5.41) is 1.82. The maximum absolute atomic E-state index is 11.9. The zero-order chi connectivity index (χ0) is 20.3. The summed E-state index contributed by atoms with van der Waals surface area (Å²) in [4.78, 5) is 18.0. The second-order valence-corrected chi connectivity index (χ2v) is 7.07. The molecule has 0 spiro atoms. The van der Waals surface area contributed by atoms with Crippen molar-refractivity contribution < 1.29 is 9.53 Å². The Hall–Kier alpha value is -2.34. The summed E-state index contributed by atoms with van der Waals surface area (Å²) < 4.78 is 6.03. The standard InChI is InChI=1S/C21H21Cl2N3O2/c1-3-14-8-7-13-5-4-6-18(21(13)25-14)28-12-15-16(22)9-10-17(20(15)23)26(2)19(27)11-24/h4-10H,3,11-12,24H2,1-2H3. The molecule has 0 saturated carbocycles. The van der Waals surface area contributed by atoms with Gasteiger partial charge in [-0.25, -0.2) is 4.98 Å². The third-order valence-corrected chi connectivity index (χ3v) is 5.33. The van der Waals surface area contributed by atoms with Gasteiger partial charge in [0, 0.05) is 28.7 Å². The zero-order valence-corrected chi connectivity index (χ0v) is 17.2. The van der Waals surface area contributed by atoms with Gasteiger partial charge in [-0.15, -0.1) is 0 Å². The van der Waals surface area contributed by atoms with Gasteiger partial charge >= 0.3 is 0 Å². The lowest BCUT2D eigenvalue weighted by Crippen LogP contribution is -2.32.